The van der Waals surface area contributed by atoms with Gasteiger partial charge < -0.3 is 9.64 Å². The van der Waals surface area contributed by atoms with E-state index in [9.17, 15) is 8.42 Å². The molecular formula is C21H31N3O3S. The van der Waals surface area contributed by atoms with Crippen molar-refractivity contribution in [1.82, 2.24) is 9.62 Å². The van der Waals surface area contributed by atoms with Crippen LogP contribution in [0.4, 0.5) is 0 Å². The largest absolute Gasteiger partial charge is 0.497 e. The van der Waals surface area contributed by atoms with E-state index in [-0.39, 0.29) is 0 Å². The van der Waals surface area contributed by atoms with Crippen LogP contribution in [-0.2, 0) is 10.0 Å². The number of aliphatic imine (C=N–C) groups is 1. The normalized spacial score (nSPS) is 26.5. The van der Waals surface area contributed by atoms with Crippen molar-refractivity contribution in [3.05, 3.63) is 35.4 Å². The number of hydrogen-bond donors (Lipinski definition) is 1. The molecule has 7 heteroatoms. The van der Waals surface area contributed by atoms with Crippen LogP contribution in [0, 0.1) is 11.8 Å². The molecule has 0 spiro atoms. The van der Waals surface area contributed by atoms with Gasteiger partial charge in [0.25, 0.3) is 10.0 Å². The van der Waals surface area contributed by atoms with Gasteiger partial charge in [-0.15, -0.1) is 0 Å². The Morgan fingerprint density at radius 1 is 1.18 bits per heavy atom. The molecule has 3 rings (SSSR count). The SMILES string of the molecule is COc1ccc(C2=C(C)C(=NCCCN3C[C@H](C)C[C@@H](C)C3)NS2(=O)=O)cc1. The lowest BCUT2D eigenvalue weighted by atomic mass is 9.92. The molecule has 2 heterocycles. The average molecular weight is 406 g/mol. The third-order valence-electron chi connectivity index (χ3n) is 5.39. The first-order valence-corrected chi connectivity index (χ1v) is 11.4. The summed E-state index contributed by atoms with van der Waals surface area (Å²) in [5.74, 6) is 2.65. The second-order valence-electron chi connectivity index (χ2n) is 8.08. The number of likely N-dealkylation sites (tertiary alicyclic amines) is 1. The molecule has 0 radical (unpaired) electrons. The third kappa shape index (κ3) is 4.75. The third-order valence-corrected chi connectivity index (χ3v) is 6.94. The van der Waals surface area contributed by atoms with Gasteiger partial charge in [0, 0.05) is 25.2 Å². The zero-order valence-corrected chi connectivity index (χ0v) is 18.1. The molecule has 2 aliphatic rings. The highest BCUT2D eigenvalue weighted by Gasteiger charge is 2.32. The molecule has 0 unspecified atom stereocenters. The van der Waals surface area contributed by atoms with E-state index in [1.165, 1.54) is 6.42 Å². The van der Waals surface area contributed by atoms with Crippen LogP contribution in [-0.4, -0.2) is 52.4 Å². The summed E-state index contributed by atoms with van der Waals surface area (Å²) in [6, 6.07) is 7.05. The van der Waals surface area contributed by atoms with E-state index in [4.69, 9.17) is 4.74 Å². The minimum Gasteiger partial charge on any atom is -0.497 e. The van der Waals surface area contributed by atoms with Crippen LogP contribution in [0.15, 0.2) is 34.8 Å². The highest BCUT2D eigenvalue weighted by molar-refractivity contribution is 8.00. The summed E-state index contributed by atoms with van der Waals surface area (Å²) in [4.78, 5) is 7.35. The summed E-state index contributed by atoms with van der Waals surface area (Å²) >= 11 is 0. The summed E-state index contributed by atoms with van der Waals surface area (Å²) in [7, 11) is -2.00. The van der Waals surface area contributed by atoms with Crippen molar-refractivity contribution in [3.63, 3.8) is 0 Å². The van der Waals surface area contributed by atoms with Gasteiger partial charge in [0.05, 0.1) is 7.11 Å². The summed E-state index contributed by atoms with van der Waals surface area (Å²) in [6.07, 6.45) is 2.23. The van der Waals surface area contributed by atoms with Crippen LogP contribution >= 0.6 is 0 Å². The fourth-order valence-electron chi connectivity index (χ4n) is 4.29. The van der Waals surface area contributed by atoms with Gasteiger partial charge in [-0.1, -0.05) is 13.8 Å². The first-order valence-electron chi connectivity index (χ1n) is 9.95. The Kier molecular flexibility index (Phi) is 6.45. The molecule has 2 aliphatic heterocycles. The van der Waals surface area contributed by atoms with Crippen LogP contribution in [0.25, 0.3) is 4.91 Å². The number of nitrogens with one attached hydrogen (secondary N) is 1. The summed E-state index contributed by atoms with van der Waals surface area (Å²) < 4.78 is 33.0. The summed E-state index contributed by atoms with van der Waals surface area (Å²) in [5, 5.41) is 0. The first-order chi connectivity index (χ1) is 13.3. The number of rotatable bonds is 6. The maximum Gasteiger partial charge on any atom is 0.264 e. The van der Waals surface area contributed by atoms with Gasteiger partial charge >= 0.3 is 0 Å². The van der Waals surface area contributed by atoms with E-state index in [2.05, 4.69) is 28.5 Å². The molecule has 2 atom stereocenters. The van der Waals surface area contributed by atoms with E-state index in [1.54, 1.807) is 31.4 Å². The molecule has 0 bridgehead atoms. The molecule has 1 fully saturated rings. The Balaban J connectivity index is 1.66. The topological polar surface area (TPSA) is 71.0 Å². The number of piperidine rings is 1. The summed E-state index contributed by atoms with van der Waals surface area (Å²) in [5.41, 5.74) is 1.32. The van der Waals surface area contributed by atoms with Crippen LogP contribution < -0.4 is 9.46 Å². The van der Waals surface area contributed by atoms with Gasteiger partial charge in [0.15, 0.2) is 0 Å². The van der Waals surface area contributed by atoms with E-state index in [1.807, 2.05) is 6.92 Å². The average Bonchev–Trinajstić information content (AvgIpc) is 2.86. The summed E-state index contributed by atoms with van der Waals surface area (Å²) in [6.45, 7) is 10.3. The first kappa shape index (κ1) is 20.9. The lowest BCUT2D eigenvalue weighted by molar-refractivity contribution is 0.140. The molecule has 1 saturated heterocycles. The molecule has 0 amide bonds. The number of nitrogens with zero attached hydrogens (tertiary/aromatic N) is 2. The van der Waals surface area contributed by atoms with Crippen molar-refractivity contribution < 1.29 is 13.2 Å². The lowest BCUT2D eigenvalue weighted by Crippen LogP contribution is -2.39. The maximum absolute atomic E-state index is 12.6. The molecule has 6 nitrogen and oxygen atoms in total. The monoisotopic (exact) mass is 405 g/mol. The predicted octanol–water partition coefficient (Wildman–Crippen LogP) is 3.13. The number of methoxy groups -OCH3 is 1. The van der Waals surface area contributed by atoms with Gasteiger partial charge in [0.2, 0.25) is 0 Å². The Hall–Kier alpha value is -1.86. The molecule has 1 N–H and O–H groups in total. The fraction of sp³-hybridized carbons (Fsp3) is 0.571. The molecule has 0 aromatic heterocycles. The number of hydrogen-bond acceptors (Lipinski definition) is 5. The molecule has 28 heavy (non-hydrogen) atoms. The van der Waals surface area contributed by atoms with E-state index >= 15 is 0 Å². The van der Waals surface area contributed by atoms with E-state index in [0.29, 0.717) is 34.2 Å². The lowest BCUT2D eigenvalue weighted by Gasteiger charge is -2.34. The minimum absolute atomic E-state index is 0.299. The van der Waals surface area contributed by atoms with E-state index < -0.39 is 10.0 Å². The van der Waals surface area contributed by atoms with Gasteiger partial charge in [-0.05, 0) is 68.0 Å². The van der Waals surface area contributed by atoms with Gasteiger partial charge in [-0.25, -0.2) is 8.42 Å². The highest BCUT2D eigenvalue weighted by atomic mass is 32.2. The van der Waals surface area contributed by atoms with Crippen LogP contribution in [0.5, 0.6) is 5.75 Å². The molecule has 1 aromatic carbocycles. The molecular weight excluding hydrogens is 374 g/mol. The molecule has 0 saturated carbocycles. The molecule has 1 aromatic rings. The van der Waals surface area contributed by atoms with Crippen LogP contribution in [0.3, 0.4) is 0 Å². The fourth-order valence-corrected chi connectivity index (χ4v) is 5.81. The smallest absolute Gasteiger partial charge is 0.264 e. The molecule has 0 aliphatic carbocycles. The molecule has 154 valence electrons. The van der Waals surface area contributed by atoms with E-state index in [0.717, 1.165) is 37.9 Å². The maximum atomic E-state index is 12.6. The zero-order chi connectivity index (χ0) is 20.3. The van der Waals surface area contributed by atoms with Crippen LogP contribution in [0.2, 0.25) is 0 Å². The number of sulfonamides is 1. The quantitative estimate of drug-likeness (QED) is 0.738. The Labute approximate surface area is 168 Å². The van der Waals surface area contributed by atoms with Gasteiger partial charge in [-0.3, -0.25) is 9.71 Å². The Bertz CT molecular complexity index is 849. The van der Waals surface area contributed by atoms with Crippen LogP contribution in [0.1, 0.15) is 39.2 Å². The number of benzene rings is 1. The van der Waals surface area contributed by atoms with Gasteiger partial charge in [0.1, 0.15) is 16.5 Å². The number of ether oxygens (including phenoxy) is 1. The van der Waals surface area contributed by atoms with Crippen molar-refractivity contribution in [2.45, 2.75) is 33.6 Å². The van der Waals surface area contributed by atoms with Crippen molar-refractivity contribution in [2.24, 2.45) is 16.8 Å². The van der Waals surface area contributed by atoms with Gasteiger partial charge in [-0.2, -0.15) is 0 Å². The predicted molar refractivity (Wildman–Crippen MR) is 114 cm³/mol. The van der Waals surface area contributed by atoms with Crippen molar-refractivity contribution >= 4 is 20.8 Å². The number of amidine groups is 1. The zero-order valence-electron chi connectivity index (χ0n) is 17.2. The van der Waals surface area contributed by atoms with Crippen molar-refractivity contribution in [2.75, 3.05) is 33.3 Å². The Morgan fingerprint density at radius 3 is 2.43 bits per heavy atom. The van der Waals surface area contributed by atoms with Crippen molar-refractivity contribution in [1.29, 1.82) is 0 Å². The second-order valence-corrected chi connectivity index (χ2v) is 9.70. The minimum atomic E-state index is -3.58. The second kappa shape index (κ2) is 8.66. The highest BCUT2D eigenvalue weighted by Crippen LogP contribution is 2.30. The standard InChI is InChI=1S/C21H31N3O3S/c1-15-12-16(2)14-24(13-15)11-5-10-22-21-17(3)20(28(25,26)23-21)18-6-8-19(27-4)9-7-18/h6-9,15-16H,5,10-14H2,1-4H3,(H,22,23)/t15-,16-/m1/s1. The van der Waals surface area contributed by atoms with Crippen molar-refractivity contribution in [3.8, 4) is 5.75 Å². The Morgan fingerprint density at radius 2 is 1.82 bits per heavy atom.